The van der Waals surface area contributed by atoms with Crippen LogP contribution in [-0.2, 0) is 0 Å². The summed E-state index contributed by atoms with van der Waals surface area (Å²) in [6.45, 7) is 7.63. The third kappa shape index (κ3) is 6.51. The molecule has 1 aromatic rings. The van der Waals surface area contributed by atoms with Gasteiger partial charge in [-0.1, -0.05) is 26.7 Å². The van der Waals surface area contributed by atoms with Gasteiger partial charge in [0.25, 0.3) is 0 Å². The molecule has 0 radical (unpaired) electrons. The smallest absolute Gasteiger partial charge is 0.329 e. The number of nitrogens with two attached hydrogens (primary N) is 1. The van der Waals surface area contributed by atoms with Crippen molar-refractivity contribution >= 4 is 0 Å². The third-order valence-corrected chi connectivity index (χ3v) is 2.83. The molecule has 0 saturated heterocycles. The number of hydrogen-bond donors (Lipinski definition) is 4. The first-order valence-corrected chi connectivity index (χ1v) is 7.60. The molecular weight excluding hydrogens is 254 g/mol. The second-order valence-electron chi connectivity index (χ2n) is 4.79. The maximum absolute atomic E-state index is 5.53. The molecular formula is C13H30N7+3. The Morgan fingerprint density at radius 2 is 1.15 bits per heavy atom. The Balaban J connectivity index is 2.67. The van der Waals surface area contributed by atoms with Crippen LogP contribution in [0.4, 0.5) is 0 Å². The van der Waals surface area contributed by atoms with Gasteiger partial charge in [-0.15, -0.1) is 0 Å². The molecule has 0 aromatic carbocycles. The highest BCUT2D eigenvalue weighted by atomic mass is 15.6. The summed E-state index contributed by atoms with van der Waals surface area (Å²) in [5, 5.41) is 0. The van der Waals surface area contributed by atoms with Crippen LogP contribution in [0.15, 0.2) is 19.0 Å². The maximum Gasteiger partial charge on any atom is 0.473 e. The third-order valence-electron chi connectivity index (χ3n) is 2.83. The molecule has 1 rings (SSSR count). The molecule has 0 atom stereocenters. The summed E-state index contributed by atoms with van der Waals surface area (Å²) in [4.78, 5) is 0. The Bertz CT molecular complexity index is 341. The van der Waals surface area contributed by atoms with E-state index in [-0.39, 0.29) is 0 Å². The van der Waals surface area contributed by atoms with Crippen molar-refractivity contribution < 1.29 is 14.0 Å². The number of hydrogen-bond acceptors (Lipinski definition) is 4. The van der Waals surface area contributed by atoms with Crippen molar-refractivity contribution in [3.8, 4) is 0 Å². The van der Waals surface area contributed by atoms with Crippen LogP contribution in [0.2, 0.25) is 0 Å². The van der Waals surface area contributed by atoms with Crippen LogP contribution in [0.5, 0.6) is 0 Å². The van der Waals surface area contributed by atoms with E-state index >= 15 is 0 Å². The van der Waals surface area contributed by atoms with E-state index in [0.29, 0.717) is 6.54 Å². The van der Waals surface area contributed by atoms with E-state index in [1.165, 1.54) is 12.8 Å². The maximum atomic E-state index is 5.53. The predicted octanol–water partition coefficient (Wildman–Crippen LogP) is -1.26. The molecule has 0 aliphatic carbocycles. The van der Waals surface area contributed by atoms with Crippen molar-refractivity contribution in [3.63, 3.8) is 0 Å². The normalized spacial score (nSPS) is 10.3. The van der Waals surface area contributed by atoms with E-state index in [1.807, 2.05) is 33.0 Å². The summed E-state index contributed by atoms with van der Waals surface area (Å²) in [6.07, 6.45) is 10.6. The van der Waals surface area contributed by atoms with Crippen molar-refractivity contribution in [2.45, 2.75) is 39.5 Å². The van der Waals surface area contributed by atoms with Crippen LogP contribution in [0.25, 0.3) is 0 Å². The molecule has 0 unspecified atom stereocenters. The van der Waals surface area contributed by atoms with Gasteiger partial charge in [-0.2, -0.15) is 16.3 Å². The largest absolute Gasteiger partial charge is 0.473 e. The van der Waals surface area contributed by atoms with Crippen LogP contribution in [-0.4, -0.2) is 26.2 Å². The lowest BCUT2D eigenvalue weighted by Gasteiger charge is -2.00. The Hall–Kier alpha value is -1.63. The fraction of sp³-hybridized carbons (Fsp3) is 0.769. The lowest BCUT2D eigenvalue weighted by atomic mass is 10.3. The minimum atomic E-state index is 0.606. The van der Waals surface area contributed by atoms with Gasteiger partial charge in [0, 0.05) is 20.6 Å². The minimum absolute atomic E-state index is 0.606. The van der Waals surface area contributed by atoms with E-state index in [1.54, 1.807) is 0 Å². The number of nitrogens with one attached hydrogen (secondary N) is 3. The first-order chi connectivity index (χ1) is 9.80. The average molecular weight is 284 g/mol. The van der Waals surface area contributed by atoms with Gasteiger partial charge in [0.05, 0.1) is 19.6 Å². The molecule has 0 spiro atoms. The van der Waals surface area contributed by atoms with Crippen LogP contribution >= 0.6 is 0 Å². The zero-order chi connectivity index (χ0) is 14.6. The Labute approximate surface area is 121 Å². The fourth-order valence-electron chi connectivity index (χ4n) is 1.70. The molecule has 1 aromatic heterocycles. The zero-order valence-corrected chi connectivity index (χ0v) is 12.8. The Morgan fingerprint density at radius 1 is 0.750 bits per heavy atom. The van der Waals surface area contributed by atoms with Gasteiger partial charge in [-0.05, 0) is 12.8 Å². The van der Waals surface area contributed by atoms with E-state index in [9.17, 15) is 0 Å². The van der Waals surface area contributed by atoms with Gasteiger partial charge >= 0.3 is 19.0 Å². The number of unbranched alkanes of at least 4 members (excludes halogenated alkanes) is 2. The van der Waals surface area contributed by atoms with Gasteiger partial charge in [-0.25, -0.2) is 0 Å². The number of nitrogens with zero attached hydrogens (tertiary/aromatic N) is 3. The summed E-state index contributed by atoms with van der Waals surface area (Å²) < 4.78 is 5.82. The molecule has 0 bridgehead atoms. The highest BCUT2D eigenvalue weighted by Gasteiger charge is 2.19. The quantitative estimate of drug-likeness (QED) is 0.302. The minimum Gasteiger partial charge on any atom is -0.329 e. The summed E-state index contributed by atoms with van der Waals surface area (Å²) in [6, 6.07) is 0. The highest BCUT2D eigenvalue weighted by Crippen LogP contribution is 1.81. The van der Waals surface area contributed by atoms with Crippen LogP contribution < -0.4 is 36.0 Å². The first kappa shape index (κ1) is 16.4. The van der Waals surface area contributed by atoms with Crippen molar-refractivity contribution in [2.24, 2.45) is 5.73 Å². The van der Waals surface area contributed by atoms with Crippen LogP contribution in [0.3, 0.4) is 0 Å². The van der Waals surface area contributed by atoms with E-state index < -0.39 is 0 Å². The summed E-state index contributed by atoms with van der Waals surface area (Å²) in [5.41, 5.74) is 15.5. The Morgan fingerprint density at radius 3 is 1.50 bits per heavy atom. The molecule has 7 heteroatoms. The molecule has 5 N–H and O–H groups in total. The Kier molecular flexibility index (Phi) is 8.37. The predicted molar refractivity (Wildman–Crippen MR) is 78.6 cm³/mol. The molecule has 0 saturated carbocycles. The van der Waals surface area contributed by atoms with E-state index in [2.05, 4.69) is 30.1 Å². The molecule has 1 heterocycles. The molecule has 0 amide bonds. The van der Waals surface area contributed by atoms with Gasteiger partial charge in [0.2, 0.25) is 0 Å². The summed E-state index contributed by atoms with van der Waals surface area (Å²) in [5.74, 6) is 0. The van der Waals surface area contributed by atoms with Crippen molar-refractivity contribution in [1.29, 1.82) is 0 Å². The van der Waals surface area contributed by atoms with Crippen molar-refractivity contribution in [2.75, 3.05) is 42.5 Å². The van der Waals surface area contributed by atoms with Crippen LogP contribution in [0.1, 0.15) is 39.5 Å². The molecule has 114 valence electrons. The lowest BCUT2D eigenvalue weighted by Crippen LogP contribution is -2.67. The first-order valence-electron chi connectivity index (χ1n) is 7.60. The fourth-order valence-corrected chi connectivity index (χ4v) is 1.70. The van der Waals surface area contributed by atoms with Crippen molar-refractivity contribution in [1.82, 2.24) is 0 Å². The highest BCUT2D eigenvalue weighted by molar-refractivity contribution is 4.51. The summed E-state index contributed by atoms with van der Waals surface area (Å²) >= 11 is 0. The molecule has 7 nitrogen and oxygen atoms in total. The zero-order valence-electron chi connectivity index (χ0n) is 12.8. The second-order valence-corrected chi connectivity index (χ2v) is 4.79. The SMILES string of the molecule is CCCCN[n+]1c[n+](NCCN)c[n+](NCCCC)c1. The standard InChI is InChI=1S/C13H30N7/c1-3-5-8-15-18-11-19(16-9-6-4-2)13-20(12-18)17-10-7-14/h11-13,15-17H,3-10,14H2,1-2H3/q+3. The number of aromatic nitrogens is 3. The molecule has 20 heavy (non-hydrogen) atoms. The molecule has 0 aliphatic heterocycles. The molecule has 0 aliphatic rings. The van der Waals surface area contributed by atoms with E-state index in [4.69, 9.17) is 5.73 Å². The monoisotopic (exact) mass is 284 g/mol. The topological polar surface area (TPSA) is 73.8 Å². The van der Waals surface area contributed by atoms with Gasteiger partial charge in [0.15, 0.2) is 0 Å². The molecule has 0 fully saturated rings. The second kappa shape index (κ2) is 10.2. The lowest BCUT2D eigenvalue weighted by molar-refractivity contribution is -0.903. The van der Waals surface area contributed by atoms with Crippen LogP contribution in [0, 0.1) is 0 Å². The van der Waals surface area contributed by atoms with Crippen molar-refractivity contribution in [3.05, 3.63) is 19.0 Å². The van der Waals surface area contributed by atoms with Gasteiger partial charge in [0.1, 0.15) is 0 Å². The van der Waals surface area contributed by atoms with Gasteiger partial charge in [-0.3, -0.25) is 0 Å². The summed E-state index contributed by atoms with van der Waals surface area (Å²) in [7, 11) is 0. The van der Waals surface area contributed by atoms with E-state index in [0.717, 1.165) is 32.5 Å². The number of rotatable bonds is 11. The van der Waals surface area contributed by atoms with Gasteiger partial charge < -0.3 is 5.73 Å². The average Bonchev–Trinajstić information content (AvgIpc) is 2.46.